The van der Waals surface area contributed by atoms with Gasteiger partial charge in [-0.05, 0) is 57.0 Å². The van der Waals surface area contributed by atoms with Gasteiger partial charge in [0, 0.05) is 19.2 Å². The van der Waals surface area contributed by atoms with E-state index in [0.29, 0.717) is 28.6 Å². The lowest BCUT2D eigenvalue weighted by atomic mass is 10.1. The summed E-state index contributed by atoms with van der Waals surface area (Å²) in [6, 6.07) is 12.2. The average molecular weight is 595 g/mol. The van der Waals surface area contributed by atoms with Gasteiger partial charge in [-0.3, -0.25) is 10.1 Å². The monoisotopic (exact) mass is 594 g/mol. The van der Waals surface area contributed by atoms with Crippen LogP contribution >= 0.6 is 0 Å². The van der Waals surface area contributed by atoms with Crippen molar-refractivity contribution in [3.8, 4) is 0 Å². The molecule has 0 spiro atoms. The quantitative estimate of drug-likeness (QED) is 0.159. The second-order valence-electron chi connectivity index (χ2n) is 11.2. The van der Waals surface area contributed by atoms with Gasteiger partial charge in [-0.15, -0.1) is 0 Å². The largest absolute Gasteiger partial charge is 0.462 e. The first-order chi connectivity index (χ1) is 20.4. The number of nitrogens with one attached hydrogen (secondary N) is 3. The molecule has 0 fully saturated rings. The summed E-state index contributed by atoms with van der Waals surface area (Å²) in [6.45, 7) is 9.43. The zero-order chi connectivity index (χ0) is 31.1. The number of carbonyl (C=O) groups excluding carboxylic acids is 3. The van der Waals surface area contributed by atoms with Gasteiger partial charge in [-0.2, -0.15) is 4.98 Å². The van der Waals surface area contributed by atoms with Crippen molar-refractivity contribution in [2.24, 2.45) is 13.0 Å². The molecule has 43 heavy (non-hydrogen) atoms. The number of nitrogens with zero attached hydrogens (tertiary/aromatic N) is 3. The number of carbonyl (C=O) groups is 3. The van der Waals surface area contributed by atoms with Crippen LogP contribution in [0.5, 0.6) is 0 Å². The molecule has 0 saturated heterocycles. The number of aryl methyl sites for hydroxylation is 1. The highest BCUT2D eigenvalue weighted by Crippen LogP contribution is 2.25. The highest BCUT2D eigenvalue weighted by atomic mass is 16.6. The van der Waals surface area contributed by atoms with Crippen LogP contribution in [0, 0.1) is 5.92 Å². The van der Waals surface area contributed by atoms with Crippen LogP contribution in [0.1, 0.15) is 45.0 Å². The molecule has 0 aliphatic carbocycles. The van der Waals surface area contributed by atoms with Gasteiger partial charge in [0.25, 0.3) is 5.91 Å². The van der Waals surface area contributed by atoms with Crippen molar-refractivity contribution in [1.29, 1.82) is 0 Å². The zero-order valence-electron chi connectivity index (χ0n) is 25.2. The summed E-state index contributed by atoms with van der Waals surface area (Å²) < 4.78 is 23.5. The van der Waals surface area contributed by atoms with Crippen LogP contribution in [0.4, 0.5) is 16.8 Å². The van der Waals surface area contributed by atoms with E-state index in [4.69, 9.17) is 18.6 Å². The lowest BCUT2D eigenvalue weighted by Gasteiger charge is -2.24. The van der Waals surface area contributed by atoms with Gasteiger partial charge in [0.2, 0.25) is 5.95 Å². The Morgan fingerprint density at radius 3 is 2.49 bits per heavy atom. The number of imidazole rings is 1. The molecular weight excluding hydrogens is 556 g/mol. The normalized spacial score (nSPS) is 12.3. The Morgan fingerprint density at radius 2 is 1.77 bits per heavy atom. The van der Waals surface area contributed by atoms with E-state index in [-0.39, 0.29) is 38.2 Å². The van der Waals surface area contributed by atoms with Crippen LogP contribution in [0.15, 0.2) is 46.9 Å². The van der Waals surface area contributed by atoms with E-state index in [0.717, 1.165) is 11.0 Å². The van der Waals surface area contributed by atoms with E-state index in [1.54, 1.807) is 46.8 Å². The summed E-state index contributed by atoms with van der Waals surface area (Å²) in [5.74, 6) is -0.523. The van der Waals surface area contributed by atoms with Crippen LogP contribution in [-0.2, 0) is 26.1 Å². The maximum absolute atomic E-state index is 12.7. The number of rotatable bonds is 12. The third-order valence-electron chi connectivity index (χ3n) is 6.25. The molecular formula is C30H38N6O7. The SMILES string of the molecule is CC(C)[C@H](NC(=O)OC(C)(C)C)C(=O)OCCOCCNC(=O)c1ccc2c(c1)nc(Nc1nc3ccccc3o1)n2C. The van der Waals surface area contributed by atoms with Gasteiger partial charge in [-0.1, -0.05) is 26.0 Å². The molecule has 0 unspecified atom stereocenters. The van der Waals surface area contributed by atoms with Gasteiger partial charge < -0.3 is 33.8 Å². The number of benzene rings is 2. The Kier molecular flexibility index (Phi) is 9.86. The highest BCUT2D eigenvalue weighted by molar-refractivity contribution is 5.97. The molecule has 2 heterocycles. The highest BCUT2D eigenvalue weighted by Gasteiger charge is 2.28. The predicted octanol–water partition coefficient (Wildman–Crippen LogP) is 4.30. The Labute approximate surface area is 249 Å². The number of aromatic nitrogens is 3. The van der Waals surface area contributed by atoms with Crippen molar-refractivity contribution < 1.29 is 33.0 Å². The Hall–Kier alpha value is -4.65. The van der Waals surface area contributed by atoms with Crippen molar-refractivity contribution in [3.05, 3.63) is 48.0 Å². The minimum Gasteiger partial charge on any atom is -0.462 e. The molecule has 0 aliphatic rings. The van der Waals surface area contributed by atoms with Crippen LogP contribution in [-0.4, -0.2) is 70.5 Å². The fourth-order valence-electron chi connectivity index (χ4n) is 4.14. The first-order valence-corrected chi connectivity index (χ1v) is 14.0. The van der Waals surface area contributed by atoms with Gasteiger partial charge >= 0.3 is 18.1 Å². The molecule has 230 valence electrons. The number of esters is 1. The van der Waals surface area contributed by atoms with Crippen LogP contribution in [0.2, 0.25) is 0 Å². The number of anilines is 2. The number of ether oxygens (including phenoxy) is 3. The van der Waals surface area contributed by atoms with E-state index < -0.39 is 23.7 Å². The van der Waals surface area contributed by atoms with Crippen LogP contribution in [0.3, 0.4) is 0 Å². The summed E-state index contributed by atoms with van der Waals surface area (Å²) in [6.07, 6.45) is -0.686. The van der Waals surface area contributed by atoms with Crippen molar-refractivity contribution >= 4 is 52.1 Å². The number of hydrogen-bond acceptors (Lipinski definition) is 10. The summed E-state index contributed by atoms with van der Waals surface area (Å²) in [4.78, 5) is 46.2. The van der Waals surface area contributed by atoms with Gasteiger partial charge in [-0.25, -0.2) is 14.6 Å². The Bertz CT molecular complexity index is 1550. The Morgan fingerprint density at radius 1 is 1.00 bits per heavy atom. The zero-order valence-corrected chi connectivity index (χ0v) is 25.2. The second-order valence-corrected chi connectivity index (χ2v) is 11.2. The fourth-order valence-corrected chi connectivity index (χ4v) is 4.14. The van der Waals surface area contributed by atoms with E-state index in [2.05, 4.69) is 25.9 Å². The molecule has 0 radical (unpaired) electrons. The van der Waals surface area contributed by atoms with E-state index in [9.17, 15) is 14.4 Å². The summed E-state index contributed by atoms with van der Waals surface area (Å²) in [5, 5.41) is 8.45. The lowest BCUT2D eigenvalue weighted by molar-refractivity contribution is -0.148. The maximum atomic E-state index is 12.7. The second kappa shape index (κ2) is 13.6. The fraction of sp³-hybridized carbons (Fsp3) is 0.433. The van der Waals surface area contributed by atoms with E-state index >= 15 is 0 Å². The summed E-state index contributed by atoms with van der Waals surface area (Å²) in [5.41, 5.74) is 2.63. The maximum Gasteiger partial charge on any atom is 0.408 e. The number of oxazole rings is 1. The molecule has 4 aromatic rings. The number of fused-ring (bicyclic) bond motifs is 2. The van der Waals surface area contributed by atoms with Crippen LogP contribution in [0.25, 0.3) is 22.1 Å². The van der Waals surface area contributed by atoms with E-state index in [1.165, 1.54) is 0 Å². The molecule has 0 saturated carbocycles. The predicted molar refractivity (Wildman–Crippen MR) is 160 cm³/mol. The molecule has 1 atom stereocenters. The standard InChI is InChI=1S/C30H38N6O7/c1-18(2)24(34-29(39)43-30(3,4)5)26(38)41-16-15-40-14-13-31-25(37)19-11-12-22-21(17-19)32-27(36(22)6)35-28-33-20-9-7-8-10-23(20)42-28/h7-12,17-18,24H,13-16H2,1-6H3,(H,31,37)(H,34,39)(H,32,33,35)/t24-/m0/s1. The number of para-hydroxylation sites is 2. The minimum absolute atomic E-state index is 0.00224. The van der Waals surface area contributed by atoms with Gasteiger partial charge in [0.15, 0.2) is 5.58 Å². The molecule has 0 bridgehead atoms. The number of hydrogen-bond donors (Lipinski definition) is 3. The molecule has 4 rings (SSSR count). The van der Waals surface area contributed by atoms with Gasteiger partial charge in [0.1, 0.15) is 23.8 Å². The van der Waals surface area contributed by atoms with Crippen LogP contribution < -0.4 is 16.0 Å². The first kappa shape index (κ1) is 31.3. The van der Waals surface area contributed by atoms with Crippen molar-refractivity contribution in [3.63, 3.8) is 0 Å². The van der Waals surface area contributed by atoms with Crippen molar-refractivity contribution in [2.75, 3.05) is 31.7 Å². The summed E-state index contributed by atoms with van der Waals surface area (Å²) >= 11 is 0. The molecule has 2 aromatic carbocycles. The third-order valence-corrected chi connectivity index (χ3v) is 6.25. The third kappa shape index (κ3) is 8.44. The van der Waals surface area contributed by atoms with Crippen molar-refractivity contribution in [1.82, 2.24) is 25.2 Å². The van der Waals surface area contributed by atoms with Gasteiger partial charge in [0.05, 0.1) is 24.2 Å². The molecule has 13 heteroatoms. The molecule has 0 aliphatic heterocycles. The van der Waals surface area contributed by atoms with E-state index in [1.807, 2.05) is 41.9 Å². The van der Waals surface area contributed by atoms with Crippen molar-refractivity contribution in [2.45, 2.75) is 46.3 Å². The Balaban J connectivity index is 1.20. The topological polar surface area (TPSA) is 159 Å². The minimum atomic E-state index is -0.848. The lowest BCUT2D eigenvalue weighted by Crippen LogP contribution is -2.47. The molecule has 2 aromatic heterocycles. The number of alkyl carbamates (subject to hydrolysis) is 1. The first-order valence-electron chi connectivity index (χ1n) is 14.0. The molecule has 3 N–H and O–H groups in total. The molecule has 13 nitrogen and oxygen atoms in total. The smallest absolute Gasteiger partial charge is 0.408 e. The number of amides is 2. The summed E-state index contributed by atoms with van der Waals surface area (Å²) in [7, 11) is 1.86. The molecule has 2 amide bonds. The average Bonchev–Trinajstić information content (AvgIpc) is 3.49.